The van der Waals surface area contributed by atoms with Crippen LogP contribution in [-0.2, 0) is 21.4 Å². The average molecular weight is 440 g/mol. The van der Waals surface area contributed by atoms with Gasteiger partial charge in [-0.1, -0.05) is 42.0 Å². The van der Waals surface area contributed by atoms with Gasteiger partial charge in [0.1, 0.15) is 0 Å². The van der Waals surface area contributed by atoms with E-state index < -0.39 is 10.0 Å². The Morgan fingerprint density at radius 1 is 1.03 bits per heavy atom. The predicted octanol–water partition coefficient (Wildman–Crippen LogP) is 3.30. The zero-order valence-electron chi connectivity index (χ0n) is 17.5. The second-order valence-corrected chi connectivity index (χ2v) is 8.79. The van der Waals surface area contributed by atoms with Gasteiger partial charge in [-0.3, -0.25) is 9.10 Å². The van der Waals surface area contributed by atoms with Gasteiger partial charge in [0.15, 0.2) is 0 Å². The number of ether oxygens (including phenoxy) is 1. The summed E-state index contributed by atoms with van der Waals surface area (Å²) in [7, 11) is -2.31. The maximum atomic E-state index is 13.3. The Morgan fingerprint density at radius 2 is 1.74 bits per heavy atom. The number of nitrogens with zero attached hydrogens (tertiary/aromatic N) is 2. The third kappa shape index (κ3) is 5.61. The molecule has 1 heterocycles. The number of nitrogens with one attached hydrogen (secondary N) is 1. The van der Waals surface area contributed by atoms with Crippen LogP contribution < -0.4 is 14.4 Å². The lowest BCUT2D eigenvalue weighted by Gasteiger charge is -2.24. The molecule has 1 aromatic heterocycles. The van der Waals surface area contributed by atoms with Crippen LogP contribution in [0.1, 0.15) is 17.5 Å². The van der Waals surface area contributed by atoms with Crippen molar-refractivity contribution in [3.05, 3.63) is 84.1 Å². The minimum atomic E-state index is -3.82. The van der Waals surface area contributed by atoms with Gasteiger partial charge in [-0.25, -0.2) is 13.4 Å². The van der Waals surface area contributed by atoms with Crippen molar-refractivity contribution >= 4 is 21.6 Å². The minimum Gasteiger partial charge on any atom is -0.481 e. The standard InChI is InChI=1S/C23H25N3O4S/c1-18-10-12-21(13-11-18)31(28,29)26(20-8-4-3-5-9-20)16-14-22(27)25-17-19-7-6-15-24-23(19)30-2/h3-13,15H,14,16-17H2,1-2H3,(H,25,27). The van der Waals surface area contributed by atoms with Gasteiger partial charge in [0, 0.05) is 31.3 Å². The smallest absolute Gasteiger partial charge is 0.264 e. The summed E-state index contributed by atoms with van der Waals surface area (Å²) in [5.41, 5.74) is 2.21. The third-order valence-electron chi connectivity index (χ3n) is 4.71. The van der Waals surface area contributed by atoms with E-state index in [1.54, 1.807) is 60.8 Å². The Morgan fingerprint density at radius 3 is 2.42 bits per heavy atom. The number of hydrogen-bond acceptors (Lipinski definition) is 5. The van der Waals surface area contributed by atoms with Gasteiger partial charge < -0.3 is 10.1 Å². The van der Waals surface area contributed by atoms with Gasteiger partial charge in [0.2, 0.25) is 11.8 Å². The number of benzene rings is 2. The normalized spacial score (nSPS) is 11.0. The molecule has 0 unspecified atom stereocenters. The molecule has 0 radical (unpaired) electrons. The number of sulfonamides is 1. The highest BCUT2D eigenvalue weighted by molar-refractivity contribution is 7.92. The van der Waals surface area contributed by atoms with Crippen molar-refractivity contribution in [3.63, 3.8) is 0 Å². The van der Waals surface area contributed by atoms with Crippen molar-refractivity contribution in [2.24, 2.45) is 0 Å². The average Bonchev–Trinajstić information content (AvgIpc) is 2.79. The molecule has 0 atom stereocenters. The Hall–Kier alpha value is -3.39. The van der Waals surface area contributed by atoms with E-state index in [1.165, 1.54) is 11.4 Å². The summed E-state index contributed by atoms with van der Waals surface area (Å²) in [6.45, 7) is 2.15. The topological polar surface area (TPSA) is 88.6 Å². The highest BCUT2D eigenvalue weighted by atomic mass is 32.2. The van der Waals surface area contributed by atoms with E-state index in [-0.39, 0.29) is 30.3 Å². The summed E-state index contributed by atoms with van der Waals surface area (Å²) in [5.74, 6) is 0.168. The van der Waals surface area contributed by atoms with Crippen molar-refractivity contribution in [2.45, 2.75) is 24.8 Å². The Kier molecular flexibility index (Phi) is 7.25. The van der Waals surface area contributed by atoms with Gasteiger partial charge in [-0.05, 0) is 37.3 Å². The number of hydrogen-bond donors (Lipinski definition) is 1. The largest absolute Gasteiger partial charge is 0.481 e. The van der Waals surface area contributed by atoms with Crippen molar-refractivity contribution in [3.8, 4) is 5.88 Å². The van der Waals surface area contributed by atoms with Gasteiger partial charge in [-0.15, -0.1) is 0 Å². The molecule has 0 saturated heterocycles. The number of aromatic nitrogens is 1. The fraction of sp³-hybridized carbons (Fsp3) is 0.217. The quantitative estimate of drug-likeness (QED) is 0.553. The molecule has 0 bridgehead atoms. The lowest BCUT2D eigenvalue weighted by atomic mass is 10.2. The van der Waals surface area contributed by atoms with Crippen molar-refractivity contribution < 1.29 is 17.9 Å². The van der Waals surface area contributed by atoms with Crippen LogP contribution in [0.4, 0.5) is 5.69 Å². The van der Waals surface area contributed by atoms with Crippen LogP contribution >= 0.6 is 0 Å². The van der Waals surface area contributed by atoms with E-state index >= 15 is 0 Å². The molecule has 3 aromatic rings. The van der Waals surface area contributed by atoms with E-state index in [0.717, 1.165) is 11.1 Å². The molecule has 162 valence electrons. The number of aryl methyl sites for hydroxylation is 1. The first-order valence-corrected chi connectivity index (χ1v) is 11.2. The van der Waals surface area contributed by atoms with Gasteiger partial charge in [0.25, 0.3) is 10.0 Å². The van der Waals surface area contributed by atoms with Crippen LogP contribution in [-0.4, -0.2) is 33.0 Å². The molecule has 0 fully saturated rings. The first kappa shape index (κ1) is 22.3. The molecule has 31 heavy (non-hydrogen) atoms. The van der Waals surface area contributed by atoms with Gasteiger partial charge >= 0.3 is 0 Å². The molecule has 2 aromatic carbocycles. The summed E-state index contributed by atoms with van der Waals surface area (Å²) < 4.78 is 33.0. The molecule has 1 N–H and O–H groups in total. The molecule has 0 spiro atoms. The molecule has 3 rings (SSSR count). The number of para-hydroxylation sites is 1. The van der Waals surface area contributed by atoms with Gasteiger partial charge in [-0.2, -0.15) is 0 Å². The van der Waals surface area contributed by atoms with Crippen molar-refractivity contribution in [1.82, 2.24) is 10.3 Å². The zero-order valence-corrected chi connectivity index (χ0v) is 18.3. The highest BCUT2D eigenvalue weighted by Gasteiger charge is 2.25. The van der Waals surface area contributed by atoms with E-state index in [4.69, 9.17) is 4.74 Å². The molecule has 7 nitrogen and oxygen atoms in total. The highest BCUT2D eigenvalue weighted by Crippen LogP contribution is 2.24. The lowest BCUT2D eigenvalue weighted by Crippen LogP contribution is -2.35. The number of methoxy groups -OCH3 is 1. The third-order valence-corrected chi connectivity index (χ3v) is 6.56. The maximum absolute atomic E-state index is 13.3. The minimum absolute atomic E-state index is 0.00254. The first-order chi connectivity index (χ1) is 14.9. The summed E-state index contributed by atoms with van der Waals surface area (Å²) >= 11 is 0. The van der Waals surface area contributed by atoms with Crippen LogP contribution in [0.25, 0.3) is 0 Å². The number of anilines is 1. The number of pyridine rings is 1. The van der Waals surface area contributed by atoms with Crippen LogP contribution in [0.15, 0.2) is 77.8 Å². The van der Waals surface area contributed by atoms with Crippen molar-refractivity contribution in [2.75, 3.05) is 18.0 Å². The summed E-state index contributed by atoms with van der Waals surface area (Å²) in [6, 6.07) is 19.0. The molecular weight excluding hydrogens is 414 g/mol. The number of carbonyl (C=O) groups is 1. The number of carbonyl (C=O) groups excluding carboxylic acids is 1. The molecular formula is C23H25N3O4S. The van der Waals surface area contributed by atoms with Crippen molar-refractivity contribution in [1.29, 1.82) is 0 Å². The number of amides is 1. The molecule has 0 saturated carbocycles. The SMILES string of the molecule is COc1ncccc1CNC(=O)CCN(c1ccccc1)S(=O)(=O)c1ccc(C)cc1. The first-order valence-electron chi connectivity index (χ1n) is 9.81. The van der Waals surface area contributed by atoms with Crippen LogP contribution in [0.3, 0.4) is 0 Å². The Labute approximate surface area is 182 Å². The molecule has 8 heteroatoms. The van der Waals surface area contributed by atoms with E-state index in [0.29, 0.717) is 11.6 Å². The van der Waals surface area contributed by atoms with Crippen LogP contribution in [0, 0.1) is 6.92 Å². The van der Waals surface area contributed by atoms with E-state index in [9.17, 15) is 13.2 Å². The molecule has 0 aliphatic rings. The second kappa shape index (κ2) is 10.1. The number of rotatable bonds is 9. The Bertz CT molecular complexity index is 1120. The predicted molar refractivity (Wildman–Crippen MR) is 119 cm³/mol. The lowest BCUT2D eigenvalue weighted by molar-refractivity contribution is -0.121. The summed E-state index contributed by atoms with van der Waals surface area (Å²) in [5, 5.41) is 2.80. The molecule has 1 amide bonds. The molecule has 0 aliphatic heterocycles. The van der Waals surface area contributed by atoms with Crippen LogP contribution in [0.2, 0.25) is 0 Å². The molecule has 0 aliphatic carbocycles. The summed E-state index contributed by atoms with van der Waals surface area (Å²) in [6.07, 6.45) is 1.61. The van der Waals surface area contributed by atoms with Gasteiger partial charge in [0.05, 0.1) is 17.7 Å². The second-order valence-electron chi connectivity index (χ2n) is 6.92. The fourth-order valence-electron chi connectivity index (χ4n) is 3.05. The van der Waals surface area contributed by atoms with E-state index in [2.05, 4.69) is 10.3 Å². The van der Waals surface area contributed by atoms with Crippen LogP contribution in [0.5, 0.6) is 5.88 Å². The Balaban J connectivity index is 1.74. The maximum Gasteiger partial charge on any atom is 0.264 e. The summed E-state index contributed by atoms with van der Waals surface area (Å²) in [4.78, 5) is 16.7. The fourth-order valence-corrected chi connectivity index (χ4v) is 4.51. The monoisotopic (exact) mass is 439 g/mol. The zero-order chi connectivity index (χ0) is 22.3. The van der Waals surface area contributed by atoms with E-state index in [1.807, 2.05) is 19.1 Å².